The fourth-order valence-electron chi connectivity index (χ4n) is 3.71. The van der Waals surface area contributed by atoms with Crippen LogP contribution in [0.15, 0.2) is 24.5 Å². The monoisotopic (exact) mass is 357 g/mol. The highest BCUT2D eigenvalue weighted by Gasteiger charge is 2.34. The van der Waals surface area contributed by atoms with Crippen LogP contribution in [0.3, 0.4) is 0 Å². The molecular formula is C19H27N5S. The summed E-state index contributed by atoms with van der Waals surface area (Å²) in [5, 5.41) is 4.94. The van der Waals surface area contributed by atoms with Crippen molar-refractivity contribution in [1.82, 2.24) is 24.2 Å². The van der Waals surface area contributed by atoms with Crippen molar-refractivity contribution in [3.8, 4) is 11.4 Å². The smallest absolute Gasteiger partial charge is 0.199 e. The maximum atomic E-state index is 5.83. The largest absolute Gasteiger partial charge is 0.297 e. The first-order chi connectivity index (χ1) is 12.2. The molecule has 2 aromatic rings. The Morgan fingerprint density at radius 3 is 2.56 bits per heavy atom. The molecule has 0 N–H and O–H groups in total. The Balaban J connectivity index is 1.69. The van der Waals surface area contributed by atoms with Gasteiger partial charge in [0.2, 0.25) is 0 Å². The van der Waals surface area contributed by atoms with Crippen LogP contribution in [0.5, 0.6) is 0 Å². The summed E-state index contributed by atoms with van der Waals surface area (Å²) in [6, 6.07) is 5.88. The molecular weight excluding hydrogens is 330 g/mol. The Morgan fingerprint density at radius 2 is 2.00 bits per heavy atom. The van der Waals surface area contributed by atoms with E-state index in [1.165, 1.54) is 38.5 Å². The molecule has 25 heavy (non-hydrogen) atoms. The summed E-state index contributed by atoms with van der Waals surface area (Å²) in [5.74, 6) is 0.973. The Bertz CT molecular complexity index is 769. The van der Waals surface area contributed by atoms with Gasteiger partial charge in [0, 0.05) is 36.1 Å². The van der Waals surface area contributed by atoms with E-state index in [1.54, 1.807) is 6.20 Å². The highest BCUT2D eigenvalue weighted by molar-refractivity contribution is 7.71. The molecule has 2 aromatic heterocycles. The van der Waals surface area contributed by atoms with Gasteiger partial charge in [-0.05, 0) is 62.9 Å². The van der Waals surface area contributed by atoms with E-state index in [9.17, 15) is 0 Å². The molecule has 2 saturated carbocycles. The summed E-state index contributed by atoms with van der Waals surface area (Å²) in [6.45, 7) is 5.38. The van der Waals surface area contributed by atoms with Gasteiger partial charge in [-0.3, -0.25) is 14.5 Å². The maximum absolute atomic E-state index is 5.83. The van der Waals surface area contributed by atoms with Gasteiger partial charge in [0.25, 0.3) is 0 Å². The van der Waals surface area contributed by atoms with E-state index in [2.05, 4.69) is 34.4 Å². The van der Waals surface area contributed by atoms with Crippen molar-refractivity contribution >= 4 is 12.2 Å². The molecule has 2 heterocycles. The average Bonchev–Trinajstić information content (AvgIpc) is 3.55. The van der Waals surface area contributed by atoms with E-state index in [4.69, 9.17) is 17.3 Å². The van der Waals surface area contributed by atoms with Gasteiger partial charge in [-0.1, -0.05) is 13.8 Å². The Morgan fingerprint density at radius 1 is 1.24 bits per heavy atom. The van der Waals surface area contributed by atoms with Crippen molar-refractivity contribution in [2.24, 2.45) is 0 Å². The lowest BCUT2D eigenvalue weighted by atomic mass is 10.1. The summed E-state index contributed by atoms with van der Waals surface area (Å²) in [6.07, 6.45) is 11.1. The molecule has 2 aliphatic carbocycles. The third kappa shape index (κ3) is 3.42. The van der Waals surface area contributed by atoms with Gasteiger partial charge in [-0.2, -0.15) is 5.10 Å². The van der Waals surface area contributed by atoms with Gasteiger partial charge < -0.3 is 0 Å². The fourth-order valence-corrected chi connectivity index (χ4v) is 4.05. The number of pyridine rings is 1. The van der Waals surface area contributed by atoms with E-state index < -0.39 is 0 Å². The second-order valence-corrected chi connectivity index (χ2v) is 7.67. The van der Waals surface area contributed by atoms with Crippen LogP contribution in [0, 0.1) is 4.77 Å². The molecule has 134 valence electrons. The van der Waals surface area contributed by atoms with Crippen LogP contribution in [0.25, 0.3) is 11.4 Å². The van der Waals surface area contributed by atoms with Crippen molar-refractivity contribution in [2.45, 2.75) is 77.2 Å². The lowest BCUT2D eigenvalue weighted by Gasteiger charge is -2.30. The standard InChI is InChI=1S/C19H27N5S/c1-3-15(4-2)22(16-7-8-16)13-23-19(25)24(17-9-10-17)18(21-23)14-6-5-11-20-12-14/h5-6,11-12,15-17H,3-4,7-10,13H2,1-2H3. The highest BCUT2D eigenvalue weighted by atomic mass is 32.1. The Labute approximate surface area is 154 Å². The fraction of sp³-hybridized carbons (Fsp3) is 0.632. The van der Waals surface area contributed by atoms with E-state index in [0.29, 0.717) is 18.1 Å². The van der Waals surface area contributed by atoms with E-state index in [0.717, 1.165) is 22.8 Å². The van der Waals surface area contributed by atoms with Crippen molar-refractivity contribution in [2.75, 3.05) is 0 Å². The van der Waals surface area contributed by atoms with E-state index in [-0.39, 0.29) is 0 Å². The first-order valence-electron chi connectivity index (χ1n) is 9.58. The maximum Gasteiger partial charge on any atom is 0.199 e. The van der Waals surface area contributed by atoms with Gasteiger partial charge in [-0.15, -0.1) is 0 Å². The van der Waals surface area contributed by atoms with Crippen molar-refractivity contribution in [3.05, 3.63) is 29.3 Å². The van der Waals surface area contributed by atoms with Crippen molar-refractivity contribution in [3.63, 3.8) is 0 Å². The molecule has 0 aliphatic heterocycles. The van der Waals surface area contributed by atoms with Gasteiger partial charge in [0.1, 0.15) is 0 Å². The van der Waals surface area contributed by atoms with Crippen LogP contribution in [-0.4, -0.2) is 36.3 Å². The van der Waals surface area contributed by atoms with Crippen LogP contribution < -0.4 is 0 Å². The van der Waals surface area contributed by atoms with Crippen LogP contribution in [-0.2, 0) is 6.67 Å². The molecule has 0 radical (unpaired) electrons. The number of hydrogen-bond donors (Lipinski definition) is 0. The third-order valence-corrected chi connectivity index (χ3v) is 5.83. The summed E-state index contributed by atoms with van der Waals surface area (Å²) >= 11 is 5.83. The molecule has 0 spiro atoms. The van der Waals surface area contributed by atoms with Crippen LogP contribution in [0.4, 0.5) is 0 Å². The number of aromatic nitrogens is 4. The van der Waals surface area contributed by atoms with E-state index in [1.807, 2.05) is 16.9 Å². The predicted octanol–water partition coefficient (Wildman–Crippen LogP) is 4.42. The molecule has 0 saturated heterocycles. The van der Waals surface area contributed by atoms with Gasteiger partial charge in [0.05, 0.1) is 6.67 Å². The van der Waals surface area contributed by atoms with Gasteiger partial charge >= 0.3 is 0 Å². The zero-order chi connectivity index (χ0) is 17.4. The summed E-state index contributed by atoms with van der Waals surface area (Å²) in [7, 11) is 0. The quantitative estimate of drug-likeness (QED) is 0.656. The molecule has 0 amide bonds. The molecule has 2 fully saturated rings. The molecule has 0 aromatic carbocycles. The topological polar surface area (TPSA) is 38.9 Å². The lowest BCUT2D eigenvalue weighted by Crippen LogP contribution is -2.38. The minimum absolute atomic E-state index is 0.513. The summed E-state index contributed by atoms with van der Waals surface area (Å²) < 4.78 is 5.16. The number of rotatable bonds is 8. The molecule has 0 atom stereocenters. The van der Waals surface area contributed by atoms with Crippen LogP contribution in [0.2, 0.25) is 0 Å². The summed E-state index contributed by atoms with van der Waals surface area (Å²) in [5.41, 5.74) is 1.06. The van der Waals surface area contributed by atoms with E-state index >= 15 is 0 Å². The molecule has 2 aliphatic rings. The number of hydrogen-bond acceptors (Lipinski definition) is 4. The first kappa shape index (κ1) is 16.9. The average molecular weight is 358 g/mol. The molecule has 5 nitrogen and oxygen atoms in total. The minimum atomic E-state index is 0.513. The zero-order valence-electron chi connectivity index (χ0n) is 15.1. The summed E-state index contributed by atoms with van der Waals surface area (Å²) in [4.78, 5) is 6.89. The first-order valence-corrected chi connectivity index (χ1v) is 9.99. The van der Waals surface area contributed by atoms with Gasteiger partial charge in [0.15, 0.2) is 10.6 Å². The molecule has 0 bridgehead atoms. The Hall–Kier alpha value is -1.53. The molecule has 0 unspecified atom stereocenters. The molecule has 6 heteroatoms. The van der Waals surface area contributed by atoms with Gasteiger partial charge in [-0.25, -0.2) is 4.68 Å². The highest BCUT2D eigenvalue weighted by Crippen LogP contribution is 2.39. The molecule has 4 rings (SSSR count). The predicted molar refractivity (Wildman–Crippen MR) is 102 cm³/mol. The normalized spacial score (nSPS) is 17.6. The third-order valence-electron chi connectivity index (χ3n) is 5.43. The van der Waals surface area contributed by atoms with Crippen molar-refractivity contribution < 1.29 is 0 Å². The second-order valence-electron chi connectivity index (χ2n) is 7.31. The van der Waals surface area contributed by atoms with Crippen molar-refractivity contribution in [1.29, 1.82) is 0 Å². The van der Waals surface area contributed by atoms with Crippen LogP contribution >= 0.6 is 12.2 Å². The second kappa shape index (κ2) is 7.00. The SMILES string of the molecule is CCC(CC)N(Cn1nc(-c2cccnc2)n(C2CC2)c1=S)C1CC1. The number of nitrogens with zero attached hydrogens (tertiary/aromatic N) is 5. The minimum Gasteiger partial charge on any atom is -0.297 e. The zero-order valence-corrected chi connectivity index (χ0v) is 16.0. The van der Waals surface area contributed by atoms with Crippen LogP contribution in [0.1, 0.15) is 58.4 Å². The Kier molecular flexibility index (Phi) is 4.73. The lowest BCUT2D eigenvalue weighted by molar-refractivity contribution is 0.124.